The van der Waals surface area contributed by atoms with Crippen LogP contribution in [0.2, 0.25) is 5.02 Å². The Kier molecular flexibility index (Phi) is 11.3. The van der Waals surface area contributed by atoms with Crippen LogP contribution in [-0.4, -0.2) is 40.3 Å². The van der Waals surface area contributed by atoms with Crippen molar-refractivity contribution in [3.63, 3.8) is 0 Å². The molecule has 0 aromatic heterocycles. The number of aliphatic hydroxyl groups excluding tert-OH is 2. The second-order valence-electron chi connectivity index (χ2n) is 12.2. The van der Waals surface area contributed by atoms with Crippen molar-refractivity contribution in [3.8, 4) is 0 Å². The number of halogens is 1. The molecule has 40 heavy (non-hydrogen) atoms. The van der Waals surface area contributed by atoms with E-state index in [4.69, 9.17) is 17.3 Å². The standard InChI is InChI=1S/C31H44ClN3O5/c1-18(2)26(37)31(17-23(33)36,29(40)35-27(38)19(3)4)25(30(5,6)7)28(39)34-24(20-11-9-8-10-12-20)21-13-15-22(32)16-14-21/h8-16,18-19,24-27,37-38H,17H2,1-7H3,(H2,33,36)(H,34,39)(H,35,40)/t24?,25-,26?,27?,31?/m0/s1. The van der Waals surface area contributed by atoms with Crippen molar-refractivity contribution in [3.05, 3.63) is 70.7 Å². The highest BCUT2D eigenvalue weighted by molar-refractivity contribution is 6.30. The SMILES string of the molecule is CC(C)C(O)NC(=O)C(CC(N)=O)(C(O)C(C)C)[C@@H](C(=O)NC(c1ccccc1)c1ccc(Cl)cc1)C(C)(C)C. The fourth-order valence-electron chi connectivity index (χ4n) is 5.33. The first kappa shape index (κ1) is 33.3. The topological polar surface area (TPSA) is 142 Å². The summed E-state index contributed by atoms with van der Waals surface area (Å²) in [5.74, 6) is -4.34. The molecule has 0 saturated heterocycles. The van der Waals surface area contributed by atoms with Crippen LogP contribution in [0.5, 0.6) is 0 Å². The zero-order valence-corrected chi connectivity index (χ0v) is 25.2. The first-order chi connectivity index (χ1) is 18.5. The summed E-state index contributed by atoms with van der Waals surface area (Å²) < 4.78 is 0. The van der Waals surface area contributed by atoms with E-state index < -0.39 is 65.2 Å². The van der Waals surface area contributed by atoms with Gasteiger partial charge in [0.1, 0.15) is 6.23 Å². The first-order valence-corrected chi connectivity index (χ1v) is 14.0. The second kappa shape index (κ2) is 13.6. The number of nitrogens with two attached hydrogens (primary N) is 1. The van der Waals surface area contributed by atoms with Gasteiger partial charge >= 0.3 is 0 Å². The molecule has 0 aliphatic rings. The van der Waals surface area contributed by atoms with Gasteiger partial charge in [-0.25, -0.2) is 0 Å². The maximum absolute atomic E-state index is 14.5. The molecule has 6 N–H and O–H groups in total. The first-order valence-electron chi connectivity index (χ1n) is 13.6. The Morgan fingerprint density at radius 3 is 1.82 bits per heavy atom. The molecule has 0 bridgehead atoms. The Morgan fingerprint density at radius 2 is 1.38 bits per heavy atom. The van der Waals surface area contributed by atoms with Gasteiger partial charge in [0.05, 0.1) is 23.5 Å². The molecule has 0 heterocycles. The van der Waals surface area contributed by atoms with Gasteiger partial charge in [-0.3, -0.25) is 14.4 Å². The van der Waals surface area contributed by atoms with E-state index in [-0.39, 0.29) is 5.92 Å². The number of carbonyl (C=O) groups is 3. The molecule has 5 atom stereocenters. The fourth-order valence-corrected chi connectivity index (χ4v) is 5.45. The quantitative estimate of drug-likeness (QED) is 0.242. The molecule has 4 unspecified atom stereocenters. The van der Waals surface area contributed by atoms with E-state index in [9.17, 15) is 24.6 Å². The molecule has 0 aliphatic heterocycles. The van der Waals surface area contributed by atoms with Crippen LogP contribution in [-0.2, 0) is 14.4 Å². The number of aliphatic hydroxyl groups is 2. The number of hydrogen-bond donors (Lipinski definition) is 5. The predicted molar refractivity (Wildman–Crippen MR) is 157 cm³/mol. The van der Waals surface area contributed by atoms with Gasteiger partial charge in [-0.2, -0.15) is 0 Å². The van der Waals surface area contributed by atoms with Gasteiger partial charge in [0.25, 0.3) is 0 Å². The van der Waals surface area contributed by atoms with Crippen LogP contribution in [0.4, 0.5) is 0 Å². The molecule has 0 radical (unpaired) electrons. The van der Waals surface area contributed by atoms with Crippen LogP contribution in [0.25, 0.3) is 0 Å². The smallest absolute Gasteiger partial charge is 0.232 e. The Morgan fingerprint density at radius 1 is 0.850 bits per heavy atom. The normalized spacial score (nSPS) is 16.5. The zero-order chi connectivity index (χ0) is 30.4. The second-order valence-corrected chi connectivity index (χ2v) is 12.7. The van der Waals surface area contributed by atoms with E-state index >= 15 is 0 Å². The van der Waals surface area contributed by atoms with E-state index in [0.29, 0.717) is 5.02 Å². The summed E-state index contributed by atoms with van der Waals surface area (Å²) in [4.78, 5) is 41.1. The largest absolute Gasteiger partial charge is 0.392 e. The van der Waals surface area contributed by atoms with Crippen LogP contribution in [0.3, 0.4) is 0 Å². The minimum absolute atomic E-state index is 0.360. The summed E-state index contributed by atoms with van der Waals surface area (Å²) in [7, 11) is 0. The molecule has 3 amide bonds. The van der Waals surface area contributed by atoms with Gasteiger partial charge in [0.15, 0.2) is 0 Å². The minimum atomic E-state index is -1.99. The van der Waals surface area contributed by atoms with Gasteiger partial charge < -0.3 is 26.6 Å². The maximum atomic E-state index is 14.5. The van der Waals surface area contributed by atoms with Crippen molar-refractivity contribution in [2.24, 2.45) is 34.3 Å². The number of primary amides is 1. The van der Waals surface area contributed by atoms with Crippen molar-refractivity contribution in [1.29, 1.82) is 0 Å². The maximum Gasteiger partial charge on any atom is 0.232 e. The number of rotatable bonds is 12. The molecule has 9 heteroatoms. The molecule has 0 fully saturated rings. The Balaban J connectivity index is 2.76. The molecule has 2 aromatic rings. The third-order valence-corrected chi connectivity index (χ3v) is 7.48. The van der Waals surface area contributed by atoms with Gasteiger partial charge in [-0.05, 0) is 40.5 Å². The number of hydrogen-bond acceptors (Lipinski definition) is 5. The number of carbonyl (C=O) groups excluding carboxylic acids is 3. The molecule has 8 nitrogen and oxygen atoms in total. The molecule has 2 aromatic carbocycles. The Labute approximate surface area is 242 Å². The highest BCUT2D eigenvalue weighted by Crippen LogP contribution is 2.48. The van der Waals surface area contributed by atoms with Crippen LogP contribution in [0.1, 0.15) is 72.1 Å². The molecule has 0 spiro atoms. The molecule has 0 aliphatic carbocycles. The van der Waals surface area contributed by atoms with E-state index in [1.807, 2.05) is 30.3 Å². The van der Waals surface area contributed by atoms with Gasteiger partial charge in [-0.1, -0.05) is 103 Å². The highest BCUT2D eigenvalue weighted by atomic mass is 35.5. The predicted octanol–water partition coefficient (Wildman–Crippen LogP) is 4.18. The molecule has 0 saturated carbocycles. The summed E-state index contributed by atoms with van der Waals surface area (Å²) >= 11 is 6.13. The Hall–Kier alpha value is -2.94. The third-order valence-electron chi connectivity index (χ3n) is 7.23. The fraction of sp³-hybridized carbons (Fsp3) is 0.516. The average molecular weight is 574 g/mol. The molecule has 220 valence electrons. The van der Waals surface area contributed by atoms with Crippen molar-refractivity contribution in [2.45, 2.75) is 73.3 Å². The lowest BCUT2D eigenvalue weighted by molar-refractivity contribution is -0.168. The summed E-state index contributed by atoms with van der Waals surface area (Å²) in [5.41, 5.74) is 4.30. The Bertz CT molecular complexity index is 1150. The number of amides is 3. The zero-order valence-electron chi connectivity index (χ0n) is 24.4. The van der Waals surface area contributed by atoms with E-state index in [1.54, 1.807) is 72.7 Å². The summed E-state index contributed by atoms with van der Waals surface area (Å²) in [6.07, 6.45) is -3.32. The third kappa shape index (κ3) is 7.83. The van der Waals surface area contributed by atoms with Crippen LogP contribution < -0.4 is 16.4 Å². The van der Waals surface area contributed by atoms with Crippen LogP contribution in [0, 0.1) is 28.6 Å². The van der Waals surface area contributed by atoms with E-state index in [1.165, 1.54) is 0 Å². The average Bonchev–Trinajstić information content (AvgIpc) is 2.86. The minimum Gasteiger partial charge on any atom is -0.392 e. The van der Waals surface area contributed by atoms with Crippen molar-refractivity contribution in [2.75, 3.05) is 0 Å². The summed E-state index contributed by atoms with van der Waals surface area (Å²) in [6.45, 7) is 12.1. The van der Waals surface area contributed by atoms with Crippen molar-refractivity contribution >= 4 is 29.3 Å². The number of benzene rings is 2. The molecule has 2 rings (SSSR count). The lowest BCUT2D eigenvalue weighted by Crippen LogP contribution is -2.64. The van der Waals surface area contributed by atoms with E-state index in [0.717, 1.165) is 11.1 Å². The lowest BCUT2D eigenvalue weighted by Gasteiger charge is -2.48. The van der Waals surface area contributed by atoms with Gasteiger partial charge in [-0.15, -0.1) is 0 Å². The van der Waals surface area contributed by atoms with E-state index in [2.05, 4.69) is 10.6 Å². The monoisotopic (exact) mass is 573 g/mol. The van der Waals surface area contributed by atoms with Crippen LogP contribution in [0.15, 0.2) is 54.6 Å². The van der Waals surface area contributed by atoms with Crippen LogP contribution >= 0.6 is 11.6 Å². The molecular weight excluding hydrogens is 530 g/mol. The highest BCUT2D eigenvalue weighted by Gasteiger charge is 2.59. The van der Waals surface area contributed by atoms with Gasteiger partial charge in [0, 0.05) is 11.4 Å². The summed E-state index contributed by atoms with van der Waals surface area (Å²) in [5, 5.41) is 28.4. The molecular formula is C31H44ClN3O5. The summed E-state index contributed by atoms with van der Waals surface area (Å²) in [6, 6.07) is 15.7. The van der Waals surface area contributed by atoms with Crippen molar-refractivity contribution in [1.82, 2.24) is 10.6 Å². The van der Waals surface area contributed by atoms with Crippen molar-refractivity contribution < 1.29 is 24.6 Å². The number of nitrogens with one attached hydrogen (secondary N) is 2. The lowest BCUT2D eigenvalue weighted by atomic mass is 9.57. The van der Waals surface area contributed by atoms with Gasteiger partial charge in [0.2, 0.25) is 17.7 Å².